The number of carbonyl (C=O) groups is 1. The van der Waals surface area contributed by atoms with Crippen LogP contribution in [0, 0.1) is 0 Å². The molecular formula is C17H14Br2N2O2S. The van der Waals surface area contributed by atoms with Crippen LogP contribution in [0.1, 0.15) is 10.4 Å². The Bertz CT molecular complexity index is 945. The first-order valence-corrected chi connectivity index (χ1v) is 9.61. The fraction of sp³-hybridized carbons (Fsp3) is 0.176. The minimum atomic E-state index is -0.251. The number of methoxy groups -OCH3 is 1. The van der Waals surface area contributed by atoms with Crippen LogP contribution in [0.3, 0.4) is 0 Å². The lowest BCUT2D eigenvalue weighted by atomic mass is 10.2. The summed E-state index contributed by atoms with van der Waals surface area (Å²) < 4.78 is 10.2. The molecule has 0 radical (unpaired) electrons. The number of rotatable bonds is 4. The fourth-order valence-corrected chi connectivity index (χ4v) is 4.15. The van der Waals surface area contributed by atoms with Gasteiger partial charge in [0.05, 0.1) is 16.8 Å². The summed E-state index contributed by atoms with van der Waals surface area (Å²) in [6.07, 6.45) is 0. The van der Waals surface area contributed by atoms with Gasteiger partial charge in [-0.05, 0) is 42.5 Å². The highest BCUT2D eigenvalue weighted by Gasteiger charge is 2.09. The number of ether oxygens (including phenoxy) is 1. The zero-order valence-corrected chi connectivity index (χ0v) is 16.8. The van der Waals surface area contributed by atoms with E-state index in [0.717, 1.165) is 19.2 Å². The van der Waals surface area contributed by atoms with Crippen molar-refractivity contribution in [3.05, 3.63) is 61.8 Å². The van der Waals surface area contributed by atoms with Crippen LogP contribution in [0.2, 0.25) is 0 Å². The third kappa shape index (κ3) is 3.85. The number of amides is 1. The maximum absolute atomic E-state index is 12.5. The van der Waals surface area contributed by atoms with Crippen LogP contribution >= 0.6 is 43.2 Å². The molecule has 0 fully saturated rings. The highest BCUT2D eigenvalue weighted by molar-refractivity contribution is 9.10. The van der Waals surface area contributed by atoms with Crippen LogP contribution in [-0.4, -0.2) is 24.2 Å². The van der Waals surface area contributed by atoms with Crippen molar-refractivity contribution >= 4 is 59.3 Å². The summed E-state index contributed by atoms with van der Waals surface area (Å²) in [4.78, 5) is 17.5. The molecule has 1 amide bonds. The van der Waals surface area contributed by atoms with Crippen molar-refractivity contribution < 1.29 is 9.53 Å². The second kappa shape index (κ2) is 7.74. The molecule has 124 valence electrons. The van der Waals surface area contributed by atoms with Crippen LogP contribution < -0.4 is 4.80 Å². The molecule has 0 N–H and O–H groups in total. The number of carbonyl (C=O) groups excluding carboxylic acids is 1. The third-order valence-electron chi connectivity index (χ3n) is 3.45. The van der Waals surface area contributed by atoms with E-state index in [1.165, 1.54) is 11.3 Å². The second-order valence-electron chi connectivity index (χ2n) is 5.06. The van der Waals surface area contributed by atoms with Crippen LogP contribution in [0.5, 0.6) is 0 Å². The average Bonchev–Trinajstić information content (AvgIpc) is 2.89. The number of thiazole rings is 1. The van der Waals surface area contributed by atoms with Gasteiger partial charge in [-0.1, -0.05) is 43.2 Å². The van der Waals surface area contributed by atoms with Gasteiger partial charge in [-0.3, -0.25) is 4.79 Å². The molecule has 0 atom stereocenters. The Hall–Kier alpha value is -1.28. The number of aromatic nitrogens is 1. The van der Waals surface area contributed by atoms with Gasteiger partial charge in [-0.2, -0.15) is 4.99 Å². The lowest BCUT2D eigenvalue weighted by Crippen LogP contribution is -2.19. The average molecular weight is 470 g/mol. The van der Waals surface area contributed by atoms with Crippen molar-refractivity contribution in [1.29, 1.82) is 0 Å². The van der Waals surface area contributed by atoms with Gasteiger partial charge in [0.2, 0.25) is 0 Å². The van der Waals surface area contributed by atoms with E-state index in [-0.39, 0.29) is 5.91 Å². The van der Waals surface area contributed by atoms with Crippen molar-refractivity contribution in [2.75, 3.05) is 13.7 Å². The number of hydrogen-bond acceptors (Lipinski definition) is 3. The Morgan fingerprint density at radius 1 is 1.17 bits per heavy atom. The molecule has 0 saturated carbocycles. The molecule has 2 aromatic carbocycles. The van der Waals surface area contributed by atoms with E-state index in [0.29, 0.717) is 23.5 Å². The van der Waals surface area contributed by atoms with Crippen LogP contribution in [-0.2, 0) is 11.3 Å². The van der Waals surface area contributed by atoms with E-state index in [4.69, 9.17) is 4.74 Å². The van der Waals surface area contributed by atoms with Crippen molar-refractivity contribution in [1.82, 2.24) is 4.57 Å². The molecule has 1 aromatic heterocycles. The standard InChI is InChI=1S/C17H14Br2N2O2S/c1-23-9-8-21-14-7-6-13(19)10-15(14)24-17(21)20-16(22)11-2-4-12(18)5-3-11/h2-7,10H,8-9H2,1H3. The van der Waals surface area contributed by atoms with Crippen LogP contribution in [0.25, 0.3) is 10.2 Å². The first-order chi connectivity index (χ1) is 11.6. The lowest BCUT2D eigenvalue weighted by molar-refractivity contribution is 0.0997. The molecule has 4 nitrogen and oxygen atoms in total. The van der Waals surface area contributed by atoms with Gasteiger partial charge in [-0.15, -0.1) is 0 Å². The molecule has 3 aromatic rings. The lowest BCUT2D eigenvalue weighted by Gasteiger charge is -2.04. The second-order valence-corrected chi connectivity index (χ2v) is 7.91. The maximum atomic E-state index is 12.5. The molecule has 1 heterocycles. The Balaban J connectivity index is 2.09. The van der Waals surface area contributed by atoms with Gasteiger partial charge >= 0.3 is 0 Å². The highest BCUT2D eigenvalue weighted by Crippen LogP contribution is 2.22. The molecule has 0 spiro atoms. The normalized spacial score (nSPS) is 12.0. The molecule has 0 bridgehead atoms. The first-order valence-electron chi connectivity index (χ1n) is 7.21. The summed E-state index contributed by atoms with van der Waals surface area (Å²) >= 11 is 8.35. The summed E-state index contributed by atoms with van der Waals surface area (Å²) in [6, 6.07) is 13.2. The van der Waals surface area contributed by atoms with Crippen molar-refractivity contribution in [2.24, 2.45) is 4.99 Å². The number of fused-ring (bicyclic) bond motifs is 1. The molecule has 0 aliphatic heterocycles. The zero-order valence-electron chi connectivity index (χ0n) is 12.8. The SMILES string of the molecule is COCCn1c(=NC(=O)c2ccc(Br)cc2)sc2cc(Br)ccc21. The van der Waals surface area contributed by atoms with Crippen LogP contribution in [0.15, 0.2) is 56.4 Å². The maximum Gasteiger partial charge on any atom is 0.279 e. The molecule has 24 heavy (non-hydrogen) atoms. The largest absolute Gasteiger partial charge is 0.383 e. The number of benzene rings is 2. The zero-order chi connectivity index (χ0) is 17.1. The number of nitrogens with zero attached hydrogens (tertiary/aromatic N) is 2. The third-order valence-corrected chi connectivity index (χ3v) is 5.52. The minimum Gasteiger partial charge on any atom is -0.383 e. The Labute approximate surface area is 160 Å². The van der Waals surface area contributed by atoms with Gasteiger partial charge in [0, 0.05) is 28.2 Å². The van der Waals surface area contributed by atoms with E-state index >= 15 is 0 Å². The molecular weight excluding hydrogens is 456 g/mol. The summed E-state index contributed by atoms with van der Waals surface area (Å²) in [5.41, 5.74) is 1.61. The number of halogens is 2. The Morgan fingerprint density at radius 3 is 2.58 bits per heavy atom. The first kappa shape index (κ1) is 17.5. The van der Waals surface area contributed by atoms with E-state index in [1.54, 1.807) is 19.2 Å². The van der Waals surface area contributed by atoms with Crippen LogP contribution in [0.4, 0.5) is 0 Å². The highest BCUT2D eigenvalue weighted by atomic mass is 79.9. The van der Waals surface area contributed by atoms with Gasteiger partial charge in [0.1, 0.15) is 0 Å². The molecule has 0 aliphatic carbocycles. The monoisotopic (exact) mass is 468 g/mol. The summed E-state index contributed by atoms with van der Waals surface area (Å²) in [5.74, 6) is -0.251. The molecule has 3 rings (SSSR count). The molecule has 7 heteroatoms. The van der Waals surface area contributed by atoms with Crippen molar-refractivity contribution in [2.45, 2.75) is 6.54 Å². The van der Waals surface area contributed by atoms with E-state index in [2.05, 4.69) is 36.9 Å². The van der Waals surface area contributed by atoms with E-state index < -0.39 is 0 Å². The van der Waals surface area contributed by atoms with Gasteiger partial charge < -0.3 is 9.30 Å². The summed E-state index contributed by atoms with van der Waals surface area (Å²) in [6.45, 7) is 1.20. The molecule has 0 unspecified atom stereocenters. The Morgan fingerprint density at radius 2 is 1.88 bits per heavy atom. The van der Waals surface area contributed by atoms with E-state index in [1.807, 2.05) is 34.9 Å². The summed E-state index contributed by atoms with van der Waals surface area (Å²) in [7, 11) is 1.66. The topological polar surface area (TPSA) is 43.6 Å². The Kier molecular flexibility index (Phi) is 5.65. The summed E-state index contributed by atoms with van der Waals surface area (Å²) in [5, 5.41) is 0. The quantitative estimate of drug-likeness (QED) is 0.559. The fourth-order valence-electron chi connectivity index (χ4n) is 2.27. The van der Waals surface area contributed by atoms with Gasteiger partial charge in [0.15, 0.2) is 4.80 Å². The minimum absolute atomic E-state index is 0.251. The predicted molar refractivity (Wildman–Crippen MR) is 103 cm³/mol. The predicted octanol–water partition coefficient (Wildman–Crippen LogP) is 4.62. The van der Waals surface area contributed by atoms with E-state index in [9.17, 15) is 4.79 Å². The molecule has 0 saturated heterocycles. The number of hydrogen-bond donors (Lipinski definition) is 0. The smallest absolute Gasteiger partial charge is 0.279 e. The van der Waals surface area contributed by atoms with Gasteiger partial charge in [0.25, 0.3) is 5.91 Å². The van der Waals surface area contributed by atoms with Crippen molar-refractivity contribution in [3.8, 4) is 0 Å². The van der Waals surface area contributed by atoms with Gasteiger partial charge in [-0.25, -0.2) is 0 Å². The molecule has 0 aliphatic rings. The van der Waals surface area contributed by atoms with Crippen molar-refractivity contribution in [3.63, 3.8) is 0 Å².